The zero-order valence-electron chi connectivity index (χ0n) is 18.0. The van der Waals surface area contributed by atoms with Crippen molar-refractivity contribution in [3.8, 4) is 5.75 Å². The number of fused-ring (bicyclic) bond motifs is 1. The predicted molar refractivity (Wildman–Crippen MR) is 117 cm³/mol. The third-order valence-electron chi connectivity index (χ3n) is 5.69. The smallest absolute Gasteiger partial charge is 0.256 e. The Morgan fingerprint density at radius 1 is 1.24 bits per heavy atom. The molecule has 1 fully saturated rings. The number of carbonyl (C=O) groups excluding carboxylic acids is 1. The number of aromatic nitrogens is 1. The third-order valence-corrected chi connectivity index (χ3v) is 5.69. The van der Waals surface area contributed by atoms with Gasteiger partial charge in [-0.1, -0.05) is 33.6 Å². The molecule has 158 valence electrons. The second-order valence-corrected chi connectivity index (χ2v) is 8.21. The van der Waals surface area contributed by atoms with E-state index in [1.54, 1.807) is 6.20 Å². The number of benzene rings is 1. The molecule has 1 saturated carbocycles. The topological polar surface area (TPSA) is 60.5 Å². The molecular formula is C24H34N2O3. The highest BCUT2D eigenvalue weighted by Gasteiger charge is 2.42. The number of hydrogen-bond acceptors (Lipinski definition) is 4. The van der Waals surface area contributed by atoms with Crippen LogP contribution < -0.4 is 10.1 Å². The summed E-state index contributed by atoms with van der Waals surface area (Å²) in [6.07, 6.45) is 8.46. The van der Waals surface area contributed by atoms with E-state index in [9.17, 15) is 4.79 Å². The van der Waals surface area contributed by atoms with Crippen LogP contribution in [0.3, 0.4) is 0 Å². The fourth-order valence-corrected chi connectivity index (χ4v) is 4.14. The summed E-state index contributed by atoms with van der Waals surface area (Å²) in [6, 6.07) is 7.69. The first-order valence-electron chi connectivity index (χ1n) is 11.1. The van der Waals surface area contributed by atoms with Crippen LogP contribution in [0.15, 0.2) is 30.5 Å². The molecule has 3 rings (SSSR count). The number of pyridine rings is 1. The van der Waals surface area contributed by atoms with Crippen molar-refractivity contribution < 1.29 is 14.3 Å². The highest BCUT2D eigenvalue weighted by Crippen LogP contribution is 2.37. The number of ether oxygens (including phenoxy) is 2. The zero-order valence-corrected chi connectivity index (χ0v) is 18.0. The minimum absolute atomic E-state index is 0.0395. The first kappa shape index (κ1) is 21.6. The summed E-state index contributed by atoms with van der Waals surface area (Å²) >= 11 is 0. The molecule has 0 saturated heterocycles. The summed E-state index contributed by atoms with van der Waals surface area (Å²) < 4.78 is 12.1. The molecule has 29 heavy (non-hydrogen) atoms. The Kier molecular flexibility index (Phi) is 7.48. The molecular weight excluding hydrogens is 364 g/mol. The van der Waals surface area contributed by atoms with Crippen LogP contribution >= 0.6 is 0 Å². The van der Waals surface area contributed by atoms with Crippen molar-refractivity contribution in [3.05, 3.63) is 30.5 Å². The van der Waals surface area contributed by atoms with Gasteiger partial charge < -0.3 is 14.8 Å². The molecule has 1 heterocycles. The van der Waals surface area contributed by atoms with Crippen molar-refractivity contribution >= 4 is 22.5 Å². The fourth-order valence-electron chi connectivity index (χ4n) is 4.14. The molecule has 0 aliphatic heterocycles. The van der Waals surface area contributed by atoms with Gasteiger partial charge in [-0.3, -0.25) is 9.78 Å². The van der Waals surface area contributed by atoms with Crippen LogP contribution in [0.1, 0.15) is 65.7 Å². The number of nitrogens with one attached hydrogen (secondary N) is 1. The standard InChI is InChI=1S/C24H34N2O3/c1-4-6-16-28-21-12-11-20(19-10-8-14-25-22(19)21)26-23(27)24(29-15-5-2)13-7-9-18(3)17-24/h8,10-12,14,18H,4-7,9,13,15-17H2,1-3H3,(H,26,27)/t18-,24+/m1/s1. The van der Waals surface area contributed by atoms with E-state index >= 15 is 0 Å². The summed E-state index contributed by atoms with van der Waals surface area (Å²) in [5.74, 6) is 1.21. The van der Waals surface area contributed by atoms with Crippen LogP contribution in [0, 0.1) is 5.92 Å². The first-order chi connectivity index (χ1) is 14.1. The molecule has 0 spiro atoms. The lowest BCUT2D eigenvalue weighted by Crippen LogP contribution is -2.48. The van der Waals surface area contributed by atoms with Crippen molar-refractivity contribution in [2.45, 2.75) is 71.3 Å². The number of anilines is 1. The normalized spacial score (nSPS) is 21.8. The van der Waals surface area contributed by atoms with Crippen LogP contribution in [0.25, 0.3) is 10.9 Å². The van der Waals surface area contributed by atoms with Gasteiger partial charge in [0.1, 0.15) is 16.9 Å². The highest BCUT2D eigenvalue weighted by atomic mass is 16.5. The SMILES string of the molecule is CCCCOc1ccc(NC(=O)[C@]2(OCCC)CCC[C@@H](C)C2)c2cccnc12. The van der Waals surface area contributed by atoms with Crippen LogP contribution in [-0.2, 0) is 9.53 Å². The van der Waals surface area contributed by atoms with E-state index in [0.29, 0.717) is 19.1 Å². The van der Waals surface area contributed by atoms with Gasteiger partial charge in [-0.2, -0.15) is 0 Å². The maximum Gasteiger partial charge on any atom is 0.256 e. The van der Waals surface area contributed by atoms with Gasteiger partial charge in [-0.15, -0.1) is 0 Å². The third kappa shape index (κ3) is 5.08. The summed E-state index contributed by atoms with van der Waals surface area (Å²) in [5, 5.41) is 4.05. The lowest BCUT2D eigenvalue weighted by molar-refractivity contribution is -0.148. The van der Waals surface area contributed by atoms with Crippen LogP contribution in [-0.4, -0.2) is 29.7 Å². The lowest BCUT2D eigenvalue weighted by atomic mass is 9.78. The summed E-state index contributed by atoms with van der Waals surface area (Å²) in [7, 11) is 0. The molecule has 2 atom stereocenters. The molecule has 5 heteroatoms. The van der Waals surface area contributed by atoms with E-state index in [4.69, 9.17) is 9.47 Å². The lowest BCUT2D eigenvalue weighted by Gasteiger charge is -2.38. The number of hydrogen-bond donors (Lipinski definition) is 1. The molecule has 1 aromatic carbocycles. The molecule has 0 radical (unpaired) electrons. The quantitative estimate of drug-likeness (QED) is 0.548. The molecule has 2 aromatic rings. The second-order valence-electron chi connectivity index (χ2n) is 8.21. The Labute approximate surface area is 174 Å². The molecule has 0 bridgehead atoms. The Morgan fingerprint density at radius 2 is 2.10 bits per heavy atom. The summed E-state index contributed by atoms with van der Waals surface area (Å²) in [6.45, 7) is 7.69. The van der Waals surface area contributed by atoms with Crippen LogP contribution in [0.2, 0.25) is 0 Å². The molecule has 1 amide bonds. The Hall–Kier alpha value is -2.14. The van der Waals surface area contributed by atoms with Crippen molar-refractivity contribution in [3.63, 3.8) is 0 Å². The van der Waals surface area contributed by atoms with E-state index in [1.165, 1.54) is 0 Å². The number of unbranched alkanes of at least 4 members (excludes halogenated alkanes) is 1. The number of amides is 1. The number of carbonyl (C=O) groups is 1. The second kappa shape index (κ2) is 10.1. The fraction of sp³-hybridized carbons (Fsp3) is 0.583. The van der Waals surface area contributed by atoms with E-state index in [0.717, 1.165) is 67.3 Å². The largest absolute Gasteiger partial charge is 0.491 e. The Morgan fingerprint density at radius 3 is 2.86 bits per heavy atom. The molecule has 1 aliphatic carbocycles. The van der Waals surface area contributed by atoms with Gasteiger partial charge in [0.2, 0.25) is 0 Å². The maximum absolute atomic E-state index is 13.4. The van der Waals surface area contributed by atoms with Gasteiger partial charge in [0.05, 0.1) is 12.3 Å². The summed E-state index contributed by atoms with van der Waals surface area (Å²) in [4.78, 5) is 17.9. The minimum Gasteiger partial charge on any atom is -0.491 e. The average molecular weight is 399 g/mol. The van der Waals surface area contributed by atoms with Gasteiger partial charge in [-0.05, 0) is 62.3 Å². The number of rotatable bonds is 9. The molecule has 0 unspecified atom stereocenters. The first-order valence-corrected chi connectivity index (χ1v) is 11.1. The van der Waals surface area contributed by atoms with Crippen molar-refractivity contribution in [1.29, 1.82) is 0 Å². The van der Waals surface area contributed by atoms with E-state index in [1.807, 2.05) is 24.3 Å². The van der Waals surface area contributed by atoms with Gasteiger partial charge in [0.25, 0.3) is 5.91 Å². The van der Waals surface area contributed by atoms with Crippen molar-refractivity contribution in [1.82, 2.24) is 4.98 Å². The van der Waals surface area contributed by atoms with E-state index in [-0.39, 0.29) is 5.91 Å². The predicted octanol–water partition coefficient (Wildman–Crippen LogP) is 5.73. The Balaban J connectivity index is 1.86. The minimum atomic E-state index is -0.738. The summed E-state index contributed by atoms with van der Waals surface area (Å²) in [5.41, 5.74) is 0.805. The Bertz CT molecular complexity index is 823. The van der Waals surface area contributed by atoms with Crippen LogP contribution in [0.5, 0.6) is 5.75 Å². The van der Waals surface area contributed by atoms with E-state index in [2.05, 4.69) is 31.1 Å². The average Bonchev–Trinajstić information content (AvgIpc) is 2.74. The molecule has 1 aliphatic rings. The maximum atomic E-state index is 13.4. The monoisotopic (exact) mass is 398 g/mol. The van der Waals surface area contributed by atoms with Crippen LogP contribution in [0.4, 0.5) is 5.69 Å². The van der Waals surface area contributed by atoms with Gasteiger partial charge in [-0.25, -0.2) is 0 Å². The number of nitrogens with zero attached hydrogens (tertiary/aromatic N) is 1. The molecule has 1 N–H and O–H groups in total. The van der Waals surface area contributed by atoms with E-state index < -0.39 is 5.60 Å². The molecule has 1 aromatic heterocycles. The van der Waals surface area contributed by atoms with Gasteiger partial charge >= 0.3 is 0 Å². The molecule has 5 nitrogen and oxygen atoms in total. The highest BCUT2D eigenvalue weighted by molar-refractivity contribution is 6.05. The van der Waals surface area contributed by atoms with Crippen molar-refractivity contribution in [2.24, 2.45) is 5.92 Å². The van der Waals surface area contributed by atoms with Gasteiger partial charge in [0.15, 0.2) is 0 Å². The zero-order chi connectivity index (χ0) is 20.7. The van der Waals surface area contributed by atoms with Crippen molar-refractivity contribution in [2.75, 3.05) is 18.5 Å². The van der Waals surface area contributed by atoms with Gasteiger partial charge in [0, 0.05) is 18.2 Å².